The second-order valence-electron chi connectivity index (χ2n) is 4.15. The molecule has 0 saturated heterocycles. The monoisotopic (exact) mass is 297 g/mol. The van der Waals surface area contributed by atoms with Crippen molar-refractivity contribution in [1.29, 1.82) is 0 Å². The van der Waals surface area contributed by atoms with Crippen molar-refractivity contribution < 1.29 is 8.42 Å². The minimum Gasteiger partial charge on any atom is -0.399 e. The molecule has 2 rings (SSSR count). The lowest BCUT2D eigenvalue weighted by atomic mass is 10.2. The minimum atomic E-state index is -3.49. The average molecular weight is 297 g/mol. The highest BCUT2D eigenvalue weighted by Crippen LogP contribution is 2.17. The number of aromatic nitrogens is 1. The third kappa shape index (κ3) is 3.52. The topological polar surface area (TPSA) is 85.1 Å². The molecule has 0 unspecified atom stereocenters. The SMILES string of the molecule is Cc1cc(N)ccc1S(=O)(=O)NCCc1cscn1. The Morgan fingerprint density at radius 1 is 1.42 bits per heavy atom. The molecule has 19 heavy (non-hydrogen) atoms. The van der Waals surface area contributed by atoms with E-state index in [2.05, 4.69) is 9.71 Å². The zero-order valence-electron chi connectivity index (χ0n) is 10.5. The number of hydrogen-bond donors (Lipinski definition) is 2. The summed E-state index contributed by atoms with van der Waals surface area (Å²) in [4.78, 5) is 4.37. The van der Waals surface area contributed by atoms with Crippen LogP contribution in [0.2, 0.25) is 0 Å². The van der Waals surface area contributed by atoms with Gasteiger partial charge in [-0.15, -0.1) is 11.3 Å². The molecule has 5 nitrogen and oxygen atoms in total. The van der Waals surface area contributed by atoms with Crippen LogP contribution in [0.5, 0.6) is 0 Å². The van der Waals surface area contributed by atoms with Gasteiger partial charge in [-0.05, 0) is 30.7 Å². The smallest absolute Gasteiger partial charge is 0.240 e. The summed E-state index contributed by atoms with van der Waals surface area (Å²) >= 11 is 1.50. The van der Waals surface area contributed by atoms with E-state index < -0.39 is 10.0 Å². The van der Waals surface area contributed by atoms with Crippen LogP contribution in [0.1, 0.15) is 11.3 Å². The molecule has 0 bridgehead atoms. The molecule has 1 heterocycles. The van der Waals surface area contributed by atoms with Gasteiger partial charge in [0.2, 0.25) is 10.0 Å². The second kappa shape index (κ2) is 5.68. The Bertz CT molecular complexity index is 652. The molecule has 0 aliphatic heterocycles. The number of anilines is 1. The Balaban J connectivity index is 2.05. The first kappa shape index (κ1) is 14.0. The predicted molar refractivity (Wildman–Crippen MR) is 76.6 cm³/mol. The van der Waals surface area contributed by atoms with Crippen molar-refractivity contribution in [2.24, 2.45) is 0 Å². The van der Waals surface area contributed by atoms with Crippen molar-refractivity contribution >= 4 is 27.0 Å². The standard InChI is InChI=1S/C12H15N3O2S2/c1-9-6-10(13)2-3-12(9)19(16,17)15-5-4-11-7-18-8-14-11/h2-3,6-8,15H,4-5,13H2,1H3. The maximum atomic E-state index is 12.1. The zero-order chi connectivity index (χ0) is 13.9. The van der Waals surface area contributed by atoms with Crippen molar-refractivity contribution in [3.8, 4) is 0 Å². The summed E-state index contributed by atoms with van der Waals surface area (Å²) in [5.74, 6) is 0. The third-order valence-corrected chi connectivity index (χ3v) is 4.90. The first-order chi connectivity index (χ1) is 8.99. The molecule has 0 fully saturated rings. The van der Waals surface area contributed by atoms with Crippen LogP contribution in [-0.2, 0) is 16.4 Å². The number of sulfonamides is 1. The van der Waals surface area contributed by atoms with Gasteiger partial charge in [0.05, 0.1) is 16.1 Å². The molecule has 2 aromatic rings. The Morgan fingerprint density at radius 2 is 2.21 bits per heavy atom. The fraction of sp³-hybridized carbons (Fsp3) is 0.250. The summed E-state index contributed by atoms with van der Waals surface area (Å²) in [5.41, 5.74) is 9.43. The molecule has 0 atom stereocenters. The van der Waals surface area contributed by atoms with Crippen LogP contribution in [0.25, 0.3) is 0 Å². The summed E-state index contributed by atoms with van der Waals surface area (Å²) in [7, 11) is -3.49. The number of aryl methyl sites for hydroxylation is 1. The Morgan fingerprint density at radius 3 is 2.84 bits per heavy atom. The molecule has 0 aliphatic carbocycles. The normalized spacial score (nSPS) is 11.6. The molecule has 1 aromatic heterocycles. The van der Waals surface area contributed by atoms with E-state index in [1.807, 2.05) is 5.38 Å². The van der Waals surface area contributed by atoms with Crippen molar-refractivity contribution in [1.82, 2.24) is 9.71 Å². The van der Waals surface area contributed by atoms with Crippen molar-refractivity contribution in [2.75, 3.05) is 12.3 Å². The van der Waals surface area contributed by atoms with E-state index in [4.69, 9.17) is 5.73 Å². The van der Waals surface area contributed by atoms with E-state index >= 15 is 0 Å². The van der Waals surface area contributed by atoms with Gasteiger partial charge in [-0.25, -0.2) is 18.1 Å². The first-order valence-electron chi connectivity index (χ1n) is 5.72. The number of nitrogens with zero attached hydrogens (tertiary/aromatic N) is 1. The summed E-state index contributed by atoms with van der Waals surface area (Å²) in [6, 6.07) is 4.76. The molecule has 1 aromatic carbocycles. The van der Waals surface area contributed by atoms with Crippen LogP contribution in [0, 0.1) is 6.92 Å². The maximum Gasteiger partial charge on any atom is 0.240 e. The van der Waals surface area contributed by atoms with Gasteiger partial charge >= 0.3 is 0 Å². The van der Waals surface area contributed by atoms with Crippen LogP contribution in [0.3, 0.4) is 0 Å². The molecule has 0 amide bonds. The predicted octanol–water partition coefficient (Wildman–Crippen LogP) is 1.55. The van der Waals surface area contributed by atoms with Crippen molar-refractivity contribution in [3.05, 3.63) is 40.3 Å². The quantitative estimate of drug-likeness (QED) is 0.820. The Labute approximate surface area is 116 Å². The summed E-state index contributed by atoms with van der Waals surface area (Å²) in [6.07, 6.45) is 0.580. The van der Waals surface area contributed by atoms with Crippen LogP contribution >= 0.6 is 11.3 Å². The third-order valence-electron chi connectivity index (χ3n) is 2.65. The van der Waals surface area contributed by atoms with Crippen LogP contribution in [-0.4, -0.2) is 19.9 Å². The number of nitrogen functional groups attached to an aromatic ring is 1. The molecule has 3 N–H and O–H groups in total. The van der Waals surface area contributed by atoms with Crippen molar-refractivity contribution in [3.63, 3.8) is 0 Å². The number of thiazole rings is 1. The molecular weight excluding hydrogens is 282 g/mol. The van der Waals surface area contributed by atoms with E-state index in [-0.39, 0.29) is 4.90 Å². The summed E-state index contributed by atoms with van der Waals surface area (Å²) in [5, 5.41) is 1.91. The van der Waals surface area contributed by atoms with Gasteiger partial charge in [0, 0.05) is 24.0 Å². The van der Waals surface area contributed by atoms with Gasteiger partial charge in [-0.2, -0.15) is 0 Å². The van der Waals surface area contributed by atoms with Gasteiger partial charge in [0.25, 0.3) is 0 Å². The lowest BCUT2D eigenvalue weighted by molar-refractivity contribution is 0.581. The number of nitrogens with two attached hydrogens (primary N) is 1. The minimum absolute atomic E-state index is 0.264. The highest BCUT2D eigenvalue weighted by molar-refractivity contribution is 7.89. The van der Waals surface area contributed by atoms with E-state index in [0.29, 0.717) is 24.2 Å². The van der Waals surface area contributed by atoms with E-state index in [9.17, 15) is 8.42 Å². The highest BCUT2D eigenvalue weighted by Gasteiger charge is 2.16. The summed E-state index contributed by atoms with van der Waals surface area (Å²) < 4.78 is 26.8. The second-order valence-corrected chi connectivity index (χ2v) is 6.61. The van der Waals surface area contributed by atoms with Gasteiger partial charge in [-0.1, -0.05) is 0 Å². The fourth-order valence-electron chi connectivity index (χ4n) is 1.73. The van der Waals surface area contributed by atoms with Gasteiger partial charge in [-0.3, -0.25) is 0 Å². The molecule has 0 spiro atoms. The number of benzene rings is 1. The molecule has 7 heteroatoms. The van der Waals surface area contributed by atoms with E-state index in [1.165, 1.54) is 17.4 Å². The zero-order valence-corrected chi connectivity index (χ0v) is 12.1. The molecule has 0 saturated carbocycles. The largest absolute Gasteiger partial charge is 0.399 e. The highest BCUT2D eigenvalue weighted by atomic mass is 32.2. The number of hydrogen-bond acceptors (Lipinski definition) is 5. The van der Waals surface area contributed by atoms with Crippen LogP contribution < -0.4 is 10.5 Å². The number of nitrogens with one attached hydrogen (secondary N) is 1. The van der Waals surface area contributed by atoms with Gasteiger partial charge in [0.15, 0.2) is 0 Å². The fourth-order valence-corrected chi connectivity index (χ4v) is 3.58. The van der Waals surface area contributed by atoms with E-state index in [1.54, 1.807) is 24.6 Å². The molecular formula is C12H15N3O2S2. The van der Waals surface area contributed by atoms with Crippen LogP contribution in [0.4, 0.5) is 5.69 Å². The maximum absolute atomic E-state index is 12.1. The Hall–Kier alpha value is -1.44. The molecule has 0 aliphatic rings. The Kier molecular flexibility index (Phi) is 4.18. The van der Waals surface area contributed by atoms with Gasteiger partial charge < -0.3 is 5.73 Å². The van der Waals surface area contributed by atoms with Crippen LogP contribution in [0.15, 0.2) is 34.0 Å². The van der Waals surface area contributed by atoms with E-state index in [0.717, 1.165) is 5.69 Å². The van der Waals surface area contributed by atoms with Gasteiger partial charge in [0.1, 0.15) is 0 Å². The average Bonchev–Trinajstić information content (AvgIpc) is 2.81. The van der Waals surface area contributed by atoms with Crippen molar-refractivity contribution in [2.45, 2.75) is 18.2 Å². The molecule has 0 radical (unpaired) electrons. The number of rotatable bonds is 5. The first-order valence-corrected chi connectivity index (χ1v) is 8.14. The summed E-state index contributed by atoms with van der Waals surface area (Å²) in [6.45, 7) is 2.06. The lowest BCUT2D eigenvalue weighted by Gasteiger charge is -2.09. The molecule has 102 valence electrons. The lowest BCUT2D eigenvalue weighted by Crippen LogP contribution is -2.26.